The Morgan fingerprint density at radius 2 is 2.08 bits per heavy atom. The van der Waals surface area contributed by atoms with Gasteiger partial charge in [0.1, 0.15) is 17.4 Å². The number of nitrogens with zero attached hydrogens (tertiary/aromatic N) is 3. The molecule has 3 aromatic rings. The van der Waals surface area contributed by atoms with E-state index < -0.39 is 5.82 Å². The van der Waals surface area contributed by atoms with Crippen LogP contribution in [0.15, 0.2) is 36.4 Å². The molecule has 1 saturated heterocycles. The van der Waals surface area contributed by atoms with Gasteiger partial charge in [-0.1, -0.05) is 12.1 Å². The standard InChI is InChI=1S/C19H19FN4O/c1-11-5-6-13-15(9-11)22-18(17-14(20)3-2-4-16(17)25)23-19(13)24-8-7-12(21)10-24/h2-6,9,12,25H,7-8,10,21H2,1H3. The number of rotatable bonds is 2. The van der Waals surface area contributed by atoms with Crippen LogP contribution in [0.4, 0.5) is 10.2 Å². The molecule has 128 valence electrons. The van der Waals surface area contributed by atoms with Crippen LogP contribution in [0.1, 0.15) is 12.0 Å². The molecule has 1 aliphatic rings. The maximum Gasteiger partial charge on any atom is 0.168 e. The second-order valence-corrected chi connectivity index (χ2v) is 6.52. The van der Waals surface area contributed by atoms with E-state index in [9.17, 15) is 9.50 Å². The second kappa shape index (κ2) is 5.97. The van der Waals surface area contributed by atoms with E-state index in [0.717, 1.165) is 35.2 Å². The average Bonchev–Trinajstić information content (AvgIpc) is 3.00. The number of benzene rings is 2. The zero-order valence-corrected chi connectivity index (χ0v) is 13.9. The summed E-state index contributed by atoms with van der Waals surface area (Å²) in [6.07, 6.45) is 0.887. The van der Waals surface area contributed by atoms with Crippen molar-refractivity contribution in [1.82, 2.24) is 9.97 Å². The first-order chi connectivity index (χ1) is 12.0. The molecule has 0 radical (unpaired) electrons. The van der Waals surface area contributed by atoms with Crippen molar-refractivity contribution in [2.75, 3.05) is 18.0 Å². The first kappa shape index (κ1) is 15.8. The first-order valence-electron chi connectivity index (χ1n) is 8.29. The number of fused-ring (bicyclic) bond motifs is 1. The molecule has 3 N–H and O–H groups in total. The second-order valence-electron chi connectivity index (χ2n) is 6.52. The van der Waals surface area contributed by atoms with Crippen molar-refractivity contribution in [3.8, 4) is 17.1 Å². The van der Waals surface area contributed by atoms with E-state index in [1.54, 1.807) is 0 Å². The van der Waals surface area contributed by atoms with Gasteiger partial charge in [0.2, 0.25) is 0 Å². The van der Waals surface area contributed by atoms with Crippen LogP contribution >= 0.6 is 0 Å². The fraction of sp³-hybridized carbons (Fsp3) is 0.263. The lowest BCUT2D eigenvalue weighted by molar-refractivity contribution is 0.471. The number of phenols is 1. The highest BCUT2D eigenvalue weighted by atomic mass is 19.1. The smallest absolute Gasteiger partial charge is 0.168 e. The topological polar surface area (TPSA) is 75.3 Å². The van der Waals surface area contributed by atoms with Crippen molar-refractivity contribution >= 4 is 16.7 Å². The lowest BCUT2D eigenvalue weighted by atomic mass is 10.1. The summed E-state index contributed by atoms with van der Waals surface area (Å²) < 4.78 is 14.3. The molecule has 1 aromatic heterocycles. The molecule has 2 heterocycles. The van der Waals surface area contributed by atoms with Crippen molar-refractivity contribution < 1.29 is 9.50 Å². The van der Waals surface area contributed by atoms with Gasteiger partial charge in [0, 0.05) is 24.5 Å². The van der Waals surface area contributed by atoms with Gasteiger partial charge in [0.25, 0.3) is 0 Å². The minimum atomic E-state index is -0.545. The van der Waals surface area contributed by atoms with Crippen molar-refractivity contribution in [2.24, 2.45) is 5.73 Å². The Kier molecular flexibility index (Phi) is 3.77. The molecule has 0 saturated carbocycles. The van der Waals surface area contributed by atoms with Gasteiger partial charge in [-0.2, -0.15) is 0 Å². The third-order valence-electron chi connectivity index (χ3n) is 4.57. The van der Waals surface area contributed by atoms with Crippen molar-refractivity contribution in [2.45, 2.75) is 19.4 Å². The lowest BCUT2D eigenvalue weighted by Gasteiger charge is -2.20. The molecule has 6 heteroatoms. The number of anilines is 1. The van der Waals surface area contributed by atoms with E-state index >= 15 is 0 Å². The van der Waals surface area contributed by atoms with E-state index in [1.807, 2.05) is 25.1 Å². The summed E-state index contributed by atoms with van der Waals surface area (Å²) in [6.45, 7) is 3.47. The fourth-order valence-electron chi connectivity index (χ4n) is 3.29. The Bertz CT molecular complexity index is 939. The van der Waals surface area contributed by atoms with Gasteiger partial charge in [0.15, 0.2) is 5.82 Å². The highest BCUT2D eigenvalue weighted by Gasteiger charge is 2.24. The van der Waals surface area contributed by atoms with Crippen molar-refractivity contribution in [3.05, 3.63) is 47.8 Å². The van der Waals surface area contributed by atoms with Crippen LogP contribution in [0, 0.1) is 12.7 Å². The number of aromatic nitrogens is 2. The van der Waals surface area contributed by atoms with Gasteiger partial charge in [-0.15, -0.1) is 0 Å². The molecule has 4 rings (SSSR count). The number of hydrogen-bond donors (Lipinski definition) is 2. The van der Waals surface area contributed by atoms with Crippen LogP contribution in [0.25, 0.3) is 22.3 Å². The van der Waals surface area contributed by atoms with Gasteiger partial charge in [0.05, 0.1) is 11.1 Å². The van der Waals surface area contributed by atoms with Gasteiger partial charge in [-0.05, 0) is 43.2 Å². The van der Waals surface area contributed by atoms with Crippen molar-refractivity contribution in [1.29, 1.82) is 0 Å². The minimum Gasteiger partial charge on any atom is -0.507 e. The van der Waals surface area contributed by atoms with Crippen LogP contribution < -0.4 is 10.6 Å². The number of phenolic OH excluding ortho intramolecular Hbond substituents is 1. The summed E-state index contributed by atoms with van der Waals surface area (Å²) in [5.41, 5.74) is 7.85. The van der Waals surface area contributed by atoms with E-state index in [1.165, 1.54) is 18.2 Å². The zero-order chi connectivity index (χ0) is 17.6. The van der Waals surface area contributed by atoms with E-state index in [0.29, 0.717) is 6.54 Å². The molecule has 5 nitrogen and oxygen atoms in total. The quantitative estimate of drug-likeness (QED) is 0.751. The highest BCUT2D eigenvalue weighted by molar-refractivity contribution is 5.92. The zero-order valence-electron chi connectivity index (χ0n) is 13.9. The van der Waals surface area contributed by atoms with Gasteiger partial charge < -0.3 is 15.7 Å². The average molecular weight is 338 g/mol. The number of nitrogens with two attached hydrogens (primary N) is 1. The molecule has 0 amide bonds. The Morgan fingerprint density at radius 3 is 2.80 bits per heavy atom. The van der Waals surface area contributed by atoms with Crippen molar-refractivity contribution in [3.63, 3.8) is 0 Å². The molecule has 1 atom stereocenters. The summed E-state index contributed by atoms with van der Waals surface area (Å²) in [5.74, 6) is 0.201. The number of halogens is 1. The summed E-state index contributed by atoms with van der Waals surface area (Å²) in [6, 6.07) is 10.2. The molecule has 1 unspecified atom stereocenters. The van der Waals surface area contributed by atoms with E-state index in [4.69, 9.17) is 5.73 Å². The van der Waals surface area contributed by atoms with Gasteiger partial charge >= 0.3 is 0 Å². The SMILES string of the molecule is Cc1ccc2c(N3CCC(N)C3)nc(-c3c(O)cccc3F)nc2c1. The third-order valence-corrected chi connectivity index (χ3v) is 4.57. The minimum absolute atomic E-state index is 0.0238. The van der Waals surface area contributed by atoms with E-state index in [2.05, 4.69) is 14.9 Å². The lowest BCUT2D eigenvalue weighted by Crippen LogP contribution is -2.27. The Labute approximate surface area is 144 Å². The Hall–Kier alpha value is -2.73. The Balaban J connectivity index is 1.97. The van der Waals surface area contributed by atoms with E-state index in [-0.39, 0.29) is 23.2 Å². The number of aryl methyl sites for hydroxylation is 1. The Morgan fingerprint density at radius 1 is 1.24 bits per heavy atom. The maximum absolute atomic E-state index is 14.3. The summed E-state index contributed by atoms with van der Waals surface area (Å²) in [5, 5.41) is 11.0. The van der Waals surface area contributed by atoms with Gasteiger partial charge in [-0.25, -0.2) is 14.4 Å². The largest absolute Gasteiger partial charge is 0.507 e. The number of aromatic hydroxyl groups is 1. The van der Waals surface area contributed by atoms with Crippen LogP contribution in [0.5, 0.6) is 5.75 Å². The highest BCUT2D eigenvalue weighted by Crippen LogP contribution is 2.34. The maximum atomic E-state index is 14.3. The summed E-state index contributed by atoms with van der Waals surface area (Å²) in [4.78, 5) is 11.2. The molecule has 2 aromatic carbocycles. The molecule has 0 aliphatic carbocycles. The summed E-state index contributed by atoms with van der Waals surface area (Å²) >= 11 is 0. The first-order valence-corrected chi connectivity index (χ1v) is 8.29. The molecule has 0 bridgehead atoms. The van der Waals surface area contributed by atoms with Crippen LogP contribution in [-0.2, 0) is 0 Å². The van der Waals surface area contributed by atoms with Crippen LogP contribution in [0.2, 0.25) is 0 Å². The molecule has 1 fully saturated rings. The molecular formula is C19H19FN4O. The monoisotopic (exact) mass is 338 g/mol. The molecule has 0 spiro atoms. The molecular weight excluding hydrogens is 319 g/mol. The molecule has 25 heavy (non-hydrogen) atoms. The van der Waals surface area contributed by atoms with Crippen LogP contribution in [-0.4, -0.2) is 34.2 Å². The predicted octanol–water partition coefficient (Wildman–Crippen LogP) is 2.99. The molecule has 1 aliphatic heterocycles. The van der Waals surface area contributed by atoms with Crippen LogP contribution in [0.3, 0.4) is 0 Å². The summed E-state index contributed by atoms with van der Waals surface area (Å²) in [7, 11) is 0. The predicted molar refractivity (Wildman–Crippen MR) is 96.1 cm³/mol. The number of hydrogen-bond acceptors (Lipinski definition) is 5. The third kappa shape index (κ3) is 2.78. The fourth-order valence-corrected chi connectivity index (χ4v) is 3.29. The van der Waals surface area contributed by atoms with Gasteiger partial charge in [-0.3, -0.25) is 0 Å². The normalized spacial score (nSPS) is 17.4.